The lowest BCUT2D eigenvalue weighted by Crippen LogP contribution is -2.44. The fraction of sp³-hybridized carbons (Fsp3) is 0.455. The molecule has 3 rings (SSSR count). The molecule has 162 valence electrons. The maximum absolute atomic E-state index is 13.8. The number of pyridine rings is 1. The Kier molecular flexibility index (Phi) is 6.05. The highest BCUT2D eigenvalue weighted by atomic mass is 35.5. The van der Waals surface area contributed by atoms with E-state index in [9.17, 15) is 18.0 Å². The normalized spacial score (nSPS) is 17.4. The van der Waals surface area contributed by atoms with Crippen molar-refractivity contribution in [3.8, 4) is 0 Å². The van der Waals surface area contributed by atoms with Gasteiger partial charge < -0.3 is 10.2 Å². The summed E-state index contributed by atoms with van der Waals surface area (Å²) in [6.45, 7) is 4.77. The number of aromatic nitrogens is 1. The van der Waals surface area contributed by atoms with Gasteiger partial charge in [0.2, 0.25) is 5.91 Å². The highest BCUT2D eigenvalue weighted by molar-refractivity contribution is 6.30. The van der Waals surface area contributed by atoms with Gasteiger partial charge in [-0.3, -0.25) is 9.78 Å². The van der Waals surface area contributed by atoms with Crippen molar-refractivity contribution in [2.75, 3.05) is 12.4 Å². The van der Waals surface area contributed by atoms with Gasteiger partial charge in [0, 0.05) is 23.5 Å². The van der Waals surface area contributed by atoms with Crippen molar-refractivity contribution < 1.29 is 18.0 Å². The number of anilines is 1. The minimum atomic E-state index is -4.63. The number of rotatable bonds is 4. The largest absolute Gasteiger partial charge is 0.414 e. The molecule has 0 saturated carbocycles. The van der Waals surface area contributed by atoms with Crippen LogP contribution in [0.2, 0.25) is 5.02 Å². The molecule has 1 aliphatic rings. The van der Waals surface area contributed by atoms with Gasteiger partial charge in [0.25, 0.3) is 0 Å². The van der Waals surface area contributed by atoms with Crippen molar-refractivity contribution in [1.82, 2.24) is 9.88 Å². The maximum Gasteiger partial charge on any atom is 0.414 e. The number of amides is 1. The zero-order valence-corrected chi connectivity index (χ0v) is 18.1. The molecule has 1 amide bonds. The summed E-state index contributed by atoms with van der Waals surface area (Å²) in [4.78, 5) is 17.2. The van der Waals surface area contributed by atoms with Gasteiger partial charge in [0.05, 0.1) is 17.6 Å². The molecule has 0 bridgehead atoms. The summed E-state index contributed by atoms with van der Waals surface area (Å²) in [5, 5.41) is 4.01. The van der Waals surface area contributed by atoms with Crippen molar-refractivity contribution in [3.05, 3.63) is 58.4 Å². The number of benzene rings is 1. The van der Waals surface area contributed by atoms with E-state index in [0.717, 1.165) is 17.7 Å². The zero-order valence-electron chi connectivity index (χ0n) is 17.3. The average molecular weight is 440 g/mol. The molecule has 30 heavy (non-hydrogen) atoms. The Bertz CT molecular complexity index is 923. The molecular weight excluding hydrogens is 415 g/mol. The Morgan fingerprint density at radius 1 is 1.17 bits per heavy atom. The number of hydrogen-bond acceptors (Lipinski definition) is 3. The predicted molar refractivity (Wildman–Crippen MR) is 112 cm³/mol. The van der Waals surface area contributed by atoms with Crippen molar-refractivity contribution in [3.63, 3.8) is 0 Å². The van der Waals surface area contributed by atoms with E-state index < -0.39 is 23.5 Å². The number of halogens is 4. The maximum atomic E-state index is 13.8. The fourth-order valence-electron chi connectivity index (χ4n) is 3.81. The van der Waals surface area contributed by atoms with Crippen LogP contribution in [-0.4, -0.2) is 35.1 Å². The lowest BCUT2D eigenvalue weighted by molar-refractivity contribution is -0.192. The van der Waals surface area contributed by atoms with Gasteiger partial charge in [-0.15, -0.1) is 0 Å². The highest BCUT2D eigenvalue weighted by Gasteiger charge is 2.47. The van der Waals surface area contributed by atoms with Crippen LogP contribution in [0.15, 0.2) is 36.5 Å². The Hall–Kier alpha value is -2.28. The number of fused-ring (bicyclic) bond motifs is 1. The number of carbonyl (C=O) groups is 1. The molecule has 0 saturated heterocycles. The smallest absolute Gasteiger partial charge is 0.380 e. The minimum Gasteiger partial charge on any atom is -0.380 e. The van der Waals surface area contributed by atoms with Crippen LogP contribution < -0.4 is 5.32 Å². The Morgan fingerprint density at radius 3 is 2.40 bits per heavy atom. The monoisotopic (exact) mass is 439 g/mol. The molecular formula is C22H25ClF3N3O. The summed E-state index contributed by atoms with van der Waals surface area (Å²) in [7, 11) is 1.17. The molecule has 2 aromatic rings. The summed E-state index contributed by atoms with van der Waals surface area (Å²) in [5.41, 5.74) is 1.87. The number of nitrogens with zero attached hydrogens (tertiary/aromatic N) is 2. The predicted octanol–water partition coefficient (Wildman–Crippen LogP) is 5.42. The van der Waals surface area contributed by atoms with E-state index in [1.165, 1.54) is 30.4 Å². The average Bonchev–Trinajstić information content (AvgIpc) is 3.02. The molecule has 1 heterocycles. The zero-order chi connectivity index (χ0) is 22.3. The Morgan fingerprint density at radius 2 is 1.83 bits per heavy atom. The van der Waals surface area contributed by atoms with Crippen LogP contribution in [0.1, 0.15) is 43.6 Å². The van der Waals surface area contributed by atoms with E-state index in [2.05, 4.69) is 10.3 Å². The molecule has 2 atom stereocenters. The van der Waals surface area contributed by atoms with Crippen molar-refractivity contribution in [2.45, 2.75) is 51.9 Å². The summed E-state index contributed by atoms with van der Waals surface area (Å²) >= 11 is 6.04. The second kappa shape index (κ2) is 8.10. The van der Waals surface area contributed by atoms with Crippen LogP contribution in [0.25, 0.3) is 0 Å². The molecule has 8 heteroatoms. The molecule has 1 aromatic carbocycles. The van der Waals surface area contributed by atoms with Gasteiger partial charge in [-0.05, 0) is 48.2 Å². The first kappa shape index (κ1) is 22.4. The van der Waals surface area contributed by atoms with Crippen LogP contribution in [-0.2, 0) is 17.6 Å². The highest BCUT2D eigenvalue weighted by Crippen LogP contribution is 2.38. The van der Waals surface area contributed by atoms with Crippen molar-refractivity contribution in [2.24, 2.45) is 5.41 Å². The van der Waals surface area contributed by atoms with Crippen LogP contribution in [0.3, 0.4) is 0 Å². The van der Waals surface area contributed by atoms with Crippen LogP contribution >= 0.6 is 11.6 Å². The van der Waals surface area contributed by atoms with Gasteiger partial charge in [-0.25, -0.2) is 0 Å². The lowest BCUT2D eigenvalue weighted by Gasteiger charge is -2.33. The summed E-state index contributed by atoms with van der Waals surface area (Å²) in [6, 6.07) is 6.71. The molecule has 1 N–H and O–H groups in total. The minimum absolute atomic E-state index is 0.120. The first-order valence-electron chi connectivity index (χ1n) is 9.70. The SMILES string of the molecule is CN(C(=O)C(C)(C)C)[C@@H](c1ccc(NC2Cc3ccc(Cl)cc3C2)cn1)C(F)(F)F. The quantitative estimate of drug-likeness (QED) is 0.691. The molecule has 1 unspecified atom stereocenters. The van der Waals surface area contributed by atoms with Gasteiger partial charge in [-0.1, -0.05) is 38.4 Å². The van der Waals surface area contributed by atoms with Crippen LogP contribution in [0.5, 0.6) is 0 Å². The van der Waals surface area contributed by atoms with E-state index in [1.807, 2.05) is 18.2 Å². The van der Waals surface area contributed by atoms with E-state index in [1.54, 1.807) is 26.8 Å². The standard InChI is InChI=1S/C22H25ClF3N3O/c1-21(2,3)20(30)29(4)19(22(24,25)26)18-8-7-16(12-27-18)28-17-10-13-5-6-15(23)9-14(13)11-17/h5-9,12,17,19,28H,10-11H2,1-4H3/t17?,19-/m0/s1. The summed E-state index contributed by atoms with van der Waals surface area (Å²) < 4.78 is 41.3. The molecule has 1 aromatic heterocycles. The van der Waals surface area contributed by atoms with Gasteiger partial charge in [0.15, 0.2) is 6.04 Å². The molecule has 1 aliphatic carbocycles. The topological polar surface area (TPSA) is 45.2 Å². The number of hydrogen-bond donors (Lipinski definition) is 1. The van der Waals surface area contributed by atoms with Gasteiger partial charge >= 0.3 is 6.18 Å². The second-order valence-electron chi connectivity index (χ2n) is 8.74. The van der Waals surface area contributed by atoms with Crippen molar-refractivity contribution >= 4 is 23.2 Å². The Balaban J connectivity index is 1.75. The number of nitrogens with one attached hydrogen (secondary N) is 1. The van der Waals surface area contributed by atoms with Gasteiger partial charge in [-0.2, -0.15) is 13.2 Å². The third kappa shape index (κ3) is 4.89. The van der Waals surface area contributed by atoms with E-state index in [4.69, 9.17) is 11.6 Å². The van der Waals surface area contributed by atoms with Crippen LogP contribution in [0, 0.1) is 5.41 Å². The lowest BCUT2D eigenvalue weighted by atomic mass is 9.93. The second-order valence-corrected chi connectivity index (χ2v) is 9.18. The number of carbonyl (C=O) groups excluding carboxylic acids is 1. The number of alkyl halides is 3. The third-order valence-electron chi connectivity index (χ3n) is 5.20. The molecule has 0 radical (unpaired) electrons. The first-order valence-corrected chi connectivity index (χ1v) is 10.1. The van der Waals surface area contributed by atoms with E-state index in [0.29, 0.717) is 10.7 Å². The molecule has 0 fully saturated rings. The first-order chi connectivity index (χ1) is 13.9. The fourth-order valence-corrected chi connectivity index (χ4v) is 4.00. The Labute approximate surface area is 179 Å². The summed E-state index contributed by atoms with van der Waals surface area (Å²) in [5.74, 6) is -0.601. The summed E-state index contributed by atoms with van der Waals surface area (Å²) in [6.07, 6.45) is -1.66. The van der Waals surface area contributed by atoms with E-state index >= 15 is 0 Å². The van der Waals surface area contributed by atoms with E-state index in [-0.39, 0.29) is 11.7 Å². The molecule has 4 nitrogen and oxygen atoms in total. The third-order valence-corrected chi connectivity index (χ3v) is 5.43. The van der Waals surface area contributed by atoms with Crippen molar-refractivity contribution in [1.29, 1.82) is 0 Å². The molecule has 0 spiro atoms. The van der Waals surface area contributed by atoms with Gasteiger partial charge in [0.1, 0.15) is 0 Å². The molecule has 0 aliphatic heterocycles. The van der Waals surface area contributed by atoms with Crippen LogP contribution in [0.4, 0.5) is 18.9 Å².